The zero-order valence-corrected chi connectivity index (χ0v) is 18.3. The fraction of sp³-hybridized carbons (Fsp3) is 0.160. The first kappa shape index (κ1) is 22.4. The van der Waals surface area contributed by atoms with Crippen LogP contribution in [0, 0.1) is 0 Å². The molecule has 3 aromatic carbocycles. The van der Waals surface area contributed by atoms with Crippen LogP contribution in [-0.2, 0) is 9.53 Å². The van der Waals surface area contributed by atoms with Crippen molar-refractivity contribution < 1.29 is 24.2 Å². The number of ether oxygens (including phenoxy) is 1. The molecule has 0 spiro atoms. The molecular weight excluding hydrogens is 444 g/mol. The van der Waals surface area contributed by atoms with Gasteiger partial charge in [-0.3, -0.25) is 4.79 Å². The molecule has 0 aliphatic heterocycles. The summed E-state index contributed by atoms with van der Waals surface area (Å²) in [6.07, 6.45) is -0.612. The lowest BCUT2D eigenvalue weighted by molar-refractivity contribution is -0.116. The molecule has 2 amide bonds. The molecule has 0 heterocycles. The van der Waals surface area contributed by atoms with Gasteiger partial charge in [0, 0.05) is 24.6 Å². The summed E-state index contributed by atoms with van der Waals surface area (Å²) < 4.78 is 5.43. The fourth-order valence-electron chi connectivity index (χ4n) is 3.92. The van der Waals surface area contributed by atoms with E-state index in [1.54, 1.807) is 0 Å². The van der Waals surface area contributed by atoms with Gasteiger partial charge in [-0.25, -0.2) is 9.59 Å². The zero-order valence-electron chi connectivity index (χ0n) is 17.5. The molecule has 3 aromatic rings. The van der Waals surface area contributed by atoms with Crippen molar-refractivity contribution in [3.8, 4) is 11.1 Å². The van der Waals surface area contributed by atoms with E-state index in [0.29, 0.717) is 5.69 Å². The predicted molar refractivity (Wildman–Crippen MR) is 125 cm³/mol. The summed E-state index contributed by atoms with van der Waals surface area (Å²) in [6, 6.07) is 20.3. The van der Waals surface area contributed by atoms with Gasteiger partial charge < -0.3 is 20.5 Å². The van der Waals surface area contributed by atoms with E-state index in [4.69, 9.17) is 21.4 Å². The first-order chi connectivity index (χ1) is 15.9. The number of carboxylic acids is 1. The van der Waals surface area contributed by atoms with E-state index in [1.807, 2.05) is 36.4 Å². The number of carbonyl (C=O) groups excluding carboxylic acids is 2. The molecule has 7 nitrogen and oxygen atoms in total. The summed E-state index contributed by atoms with van der Waals surface area (Å²) in [4.78, 5) is 35.4. The number of carbonyl (C=O) groups is 3. The molecule has 0 saturated heterocycles. The van der Waals surface area contributed by atoms with Crippen molar-refractivity contribution in [2.45, 2.75) is 12.3 Å². The minimum atomic E-state index is -1.19. The van der Waals surface area contributed by atoms with Gasteiger partial charge in [0.05, 0.1) is 10.6 Å². The van der Waals surface area contributed by atoms with E-state index < -0.39 is 12.1 Å². The van der Waals surface area contributed by atoms with Crippen molar-refractivity contribution >= 4 is 35.3 Å². The molecule has 0 radical (unpaired) electrons. The third kappa shape index (κ3) is 4.99. The van der Waals surface area contributed by atoms with Crippen LogP contribution in [0.5, 0.6) is 0 Å². The van der Waals surface area contributed by atoms with E-state index in [2.05, 4.69) is 22.8 Å². The van der Waals surface area contributed by atoms with Crippen molar-refractivity contribution in [3.63, 3.8) is 0 Å². The predicted octanol–water partition coefficient (Wildman–Crippen LogP) is 4.91. The van der Waals surface area contributed by atoms with Crippen molar-refractivity contribution in [2.24, 2.45) is 0 Å². The van der Waals surface area contributed by atoms with E-state index in [0.717, 1.165) is 22.3 Å². The monoisotopic (exact) mass is 464 g/mol. The molecule has 0 aromatic heterocycles. The topological polar surface area (TPSA) is 105 Å². The highest BCUT2D eigenvalue weighted by Crippen LogP contribution is 2.44. The van der Waals surface area contributed by atoms with E-state index in [9.17, 15) is 14.4 Å². The number of anilines is 1. The highest BCUT2D eigenvalue weighted by Gasteiger charge is 2.28. The van der Waals surface area contributed by atoms with Crippen LogP contribution in [0.1, 0.15) is 33.8 Å². The Morgan fingerprint density at radius 3 is 2.21 bits per heavy atom. The average molecular weight is 465 g/mol. The maximum absolute atomic E-state index is 12.2. The number of hydrogen-bond acceptors (Lipinski definition) is 4. The summed E-state index contributed by atoms with van der Waals surface area (Å²) in [5.74, 6) is -1.61. The molecule has 0 atom stereocenters. The Hall–Kier alpha value is -3.84. The van der Waals surface area contributed by atoms with Gasteiger partial charge in [0.1, 0.15) is 6.61 Å². The van der Waals surface area contributed by atoms with Crippen molar-refractivity contribution in [1.29, 1.82) is 0 Å². The molecule has 1 aliphatic carbocycles. The number of carboxylic acid groups (broad SMARTS) is 1. The standard InChI is InChI=1S/C25H21ClN2O5/c26-22-10-9-15(13-20(22)24(30)31)28-23(29)11-12-27-25(32)33-14-21-18-7-3-1-5-16(18)17-6-2-4-8-19(17)21/h1-10,13,21H,11-12,14H2,(H,27,32)(H,28,29)(H,30,31). The smallest absolute Gasteiger partial charge is 0.407 e. The highest BCUT2D eigenvalue weighted by atomic mass is 35.5. The number of rotatable bonds is 7. The van der Waals surface area contributed by atoms with E-state index in [1.165, 1.54) is 18.2 Å². The van der Waals surface area contributed by atoms with E-state index in [-0.39, 0.29) is 42.0 Å². The highest BCUT2D eigenvalue weighted by molar-refractivity contribution is 6.33. The Kier molecular flexibility index (Phi) is 6.60. The van der Waals surface area contributed by atoms with Gasteiger partial charge >= 0.3 is 12.1 Å². The molecule has 33 heavy (non-hydrogen) atoms. The zero-order chi connectivity index (χ0) is 23.4. The Bertz CT molecular complexity index is 1180. The quantitative estimate of drug-likeness (QED) is 0.461. The van der Waals surface area contributed by atoms with Gasteiger partial charge in [0.15, 0.2) is 0 Å². The summed E-state index contributed by atoms with van der Waals surface area (Å²) in [5, 5.41) is 14.3. The van der Waals surface area contributed by atoms with Gasteiger partial charge in [-0.15, -0.1) is 0 Å². The van der Waals surface area contributed by atoms with Crippen LogP contribution in [0.4, 0.5) is 10.5 Å². The van der Waals surface area contributed by atoms with Crippen molar-refractivity contribution in [2.75, 3.05) is 18.5 Å². The van der Waals surface area contributed by atoms with Gasteiger partial charge in [-0.1, -0.05) is 60.1 Å². The molecule has 1 aliphatic rings. The van der Waals surface area contributed by atoms with Gasteiger partial charge in [0.25, 0.3) is 0 Å². The summed E-state index contributed by atoms with van der Waals surface area (Å²) in [7, 11) is 0. The summed E-state index contributed by atoms with van der Waals surface area (Å²) >= 11 is 5.82. The molecule has 0 bridgehead atoms. The number of halogens is 1. The first-order valence-corrected chi connectivity index (χ1v) is 10.7. The second kappa shape index (κ2) is 9.75. The number of benzene rings is 3. The lowest BCUT2D eigenvalue weighted by Gasteiger charge is -2.14. The maximum Gasteiger partial charge on any atom is 0.407 e. The van der Waals surface area contributed by atoms with E-state index >= 15 is 0 Å². The Balaban J connectivity index is 1.26. The minimum absolute atomic E-state index is 0.00474. The van der Waals surface area contributed by atoms with Crippen LogP contribution in [-0.4, -0.2) is 36.2 Å². The van der Waals surface area contributed by atoms with Crippen molar-refractivity contribution in [1.82, 2.24) is 5.32 Å². The van der Waals surface area contributed by atoms with Crippen LogP contribution in [0.25, 0.3) is 11.1 Å². The number of amides is 2. The molecule has 4 rings (SSSR count). The van der Waals surface area contributed by atoms with Crippen LogP contribution >= 0.6 is 11.6 Å². The third-order valence-electron chi connectivity index (χ3n) is 5.45. The Morgan fingerprint density at radius 2 is 1.58 bits per heavy atom. The van der Waals surface area contributed by atoms with Crippen LogP contribution < -0.4 is 10.6 Å². The second-order valence-electron chi connectivity index (χ2n) is 7.55. The normalized spacial score (nSPS) is 11.9. The molecule has 168 valence electrons. The van der Waals surface area contributed by atoms with Crippen LogP contribution in [0.3, 0.4) is 0 Å². The molecule has 3 N–H and O–H groups in total. The molecule has 0 saturated carbocycles. The molecular formula is C25H21ClN2O5. The molecule has 0 fully saturated rings. The van der Waals surface area contributed by atoms with Crippen LogP contribution in [0.2, 0.25) is 5.02 Å². The average Bonchev–Trinajstić information content (AvgIpc) is 3.12. The Morgan fingerprint density at radius 1 is 0.939 bits per heavy atom. The summed E-state index contributed by atoms with van der Waals surface area (Å²) in [6.45, 7) is 0.261. The maximum atomic E-state index is 12.2. The number of hydrogen-bond donors (Lipinski definition) is 3. The van der Waals surface area contributed by atoms with Crippen molar-refractivity contribution in [3.05, 3.63) is 88.4 Å². The lowest BCUT2D eigenvalue weighted by Crippen LogP contribution is -2.29. The molecule has 0 unspecified atom stereocenters. The second-order valence-corrected chi connectivity index (χ2v) is 7.96. The number of aromatic carboxylic acids is 1. The first-order valence-electron chi connectivity index (χ1n) is 10.4. The van der Waals surface area contributed by atoms with Crippen LogP contribution in [0.15, 0.2) is 66.7 Å². The lowest BCUT2D eigenvalue weighted by atomic mass is 9.98. The largest absolute Gasteiger partial charge is 0.478 e. The van der Waals surface area contributed by atoms with Gasteiger partial charge in [-0.2, -0.15) is 0 Å². The number of alkyl carbamates (subject to hydrolysis) is 1. The number of nitrogens with one attached hydrogen (secondary N) is 2. The molecule has 8 heteroatoms. The fourth-order valence-corrected chi connectivity index (χ4v) is 4.12. The third-order valence-corrected chi connectivity index (χ3v) is 5.78. The summed E-state index contributed by atoms with van der Waals surface area (Å²) in [5.41, 5.74) is 4.73. The number of fused-ring (bicyclic) bond motifs is 3. The van der Waals surface area contributed by atoms with Gasteiger partial charge in [0.2, 0.25) is 5.91 Å². The van der Waals surface area contributed by atoms with Gasteiger partial charge in [-0.05, 0) is 40.5 Å². The Labute approximate surface area is 195 Å². The SMILES string of the molecule is O=C(CCNC(=O)OCC1c2ccccc2-c2ccccc21)Nc1ccc(Cl)c(C(=O)O)c1. The minimum Gasteiger partial charge on any atom is -0.478 e.